The number of fused-ring (bicyclic) bond motifs is 4. The van der Waals surface area contributed by atoms with Crippen molar-refractivity contribution in [2.45, 2.75) is 125 Å². The van der Waals surface area contributed by atoms with Gasteiger partial charge in [-0.05, 0) is 86.2 Å². The van der Waals surface area contributed by atoms with Crippen molar-refractivity contribution in [3.63, 3.8) is 0 Å². The molecule has 314 valence electrons. The van der Waals surface area contributed by atoms with Gasteiger partial charge in [0.2, 0.25) is 11.8 Å². The molecule has 19 heteroatoms. The number of ether oxygens (including phenoxy) is 2. The van der Waals surface area contributed by atoms with E-state index in [2.05, 4.69) is 15.4 Å². The first-order chi connectivity index (χ1) is 28.3. The van der Waals surface area contributed by atoms with Gasteiger partial charge in [-0.1, -0.05) is 43.2 Å². The van der Waals surface area contributed by atoms with Gasteiger partial charge in [0, 0.05) is 24.4 Å². The molecule has 0 spiro atoms. The fourth-order valence-electron chi connectivity index (χ4n) is 8.87. The van der Waals surface area contributed by atoms with Crippen LogP contribution in [0.4, 0.5) is 14.0 Å². The van der Waals surface area contributed by atoms with Gasteiger partial charge >= 0.3 is 19.3 Å². The zero-order valence-corrected chi connectivity index (χ0v) is 33.2. The zero-order valence-electron chi connectivity index (χ0n) is 32.4. The maximum Gasteiger partial charge on any atom is 0.491 e. The van der Waals surface area contributed by atoms with Crippen molar-refractivity contribution in [2.75, 3.05) is 6.54 Å². The van der Waals surface area contributed by atoms with Crippen LogP contribution in [0.15, 0.2) is 53.4 Å². The number of nitrogens with one attached hydrogen (secondary N) is 3. The van der Waals surface area contributed by atoms with Crippen molar-refractivity contribution in [1.29, 1.82) is 0 Å². The van der Waals surface area contributed by atoms with Gasteiger partial charge < -0.3 is 34.7 Å². The third-order valence-electron chi connectivity index (χ3n) is 12.3. The average Bonchev–Trinajstić information content (AvgIpc) is 3.77. The van der Waals surface area contributed by atoms with Gasteiger partial charge in [0.25, 0.3) is 15.9 Å². The van der Waals surface area contributed by atoms with E-state index in [1.807, 2.05) is 6.08 Å². The first kappa shape index (κ1) is 40.8. The van der Waals surface area contributed by atoms with Gasteiger partial charge in [-0.2, -0.15) is 0 Å². The van der Waals surface area contributed by atoms with Gasteiger partial charge in [-0.25, -0.2) is 27.1 Å². The molecule has 4 aliphatic heterocycles. The number of benzene rings is 2. The van der Waals surface area contributed by atoms with Gasteiger partial charge in [-0.3, -0.25) is 19.3 Å². The number of nitrogens with zero attached hydrogens (tertiary/aromatic N) is 2. The molecule has 16 nitrogen and oxygen atoms in total. The number of rotatable bonds is 6. The predicted octanol–water partition coefficient (Wildman–Crippen LogP) is 2.40. The minimum absolute atomic E-state index is 0.0180. The topological polar surface area (TPSA) is 210 Å². The van der Waals surface area contributed by atoms with Gasteiger partial charge in [0.05, 0.1) is 24.6 Å². The standard InChI is InChI=1S/C40H47BFN5O11S/c42-32-13-8-9-24-20-46(22-30(24)32)39(52)58-28-18-34-35(48)44-40(37(50)45-59(54,55)29-15-16-31-25(17-29)23-56-41(31)53)19-26(40)10-4-2-1-3-5-14-33(36(49)47(34)21-28)43-38(51)57-27-11-6-7-12-27/h4,8-10,13,15-17,26-28,33-34,53H,1-3,5-7,11-12,14,18-23H2,(H,43,51)(H,44,48)(H,45,50)/b10-4-/t26-,28-,33-,34+,40-/m1/s1. The Morgan fingerprint density at radius 1 is 0.983 bits per heavy atom. The van der Waals surface area contributed by atoms with E-state index in [9.17, 15) is 41.8 Å². The Kier molecular flexibility index (Phi) is 11.4. The SMILES string of the molecule is O=C(N[C@@H]1CCCCC/C=C\[C@@H]2C[C@@]2(C(=O)NS(=O)(=O)c2ccc3c(c2)COB3O)NC(=O)[C@@H]2C[C@@H](OC(=O)N3Cc4cccc(F)c4C3)CN2C1=O)OC1CCCC1. The highest BCUT2D eigenvalue weighted by Crippen LogP contribution is 2.46. The molecule has 0 aromatic heterocycles. The Bertz CT molecular complexity index is 2170. The summed E-state index contributed by atoms with van der Waals surface area (Å²) >= 11 is 0. The van der Waals surface area contributed by atoms with Crippen LogP contribution in [-0.4, -0.2) is 96.6 Å². The number of hydrogen-bond acceptors (Lipinski definition) is 11. The number of halogens is 1. The summed E-state index contributed by atoms with van der Waals surface area (Å²) in [5.74, 6) is -3.38. The summed E-state index contributed by atoms with van der Waals surface area (Å²) in [5.41, 5.74) is 0.171. The molecule has 4 heterocycles. The average molecular weight is 836 g/mol. The van der Waals surface area contributed by atoms with E-state index in [1.165, 1.54) is 34.1 Å². The second kappa shape index (κ2) is 16.6. The number of hydrogen-bond donors (Lipinski definition) is 4. The van der Waals surface area contributed by atoms with Crippen LogP contribution in [0, 0.1) is 11.7 Å². The van der Waals surface area contributed by atoms with Crippen LogP contribution in [0.1, 0.15) is 87.3 Å². The zero-order chi connectivity index (χ0) is 41.5. The lowest BCUT2D eigenvalue weighted by Crippen LogP contribution is -2.58. The Hall–Kier alpha value is -5.01. The molecule has 59 heavy (non-hydrogen) atoms. The smallest absolute Gasteiger partial charge is 0.446 e. The summed E-state index contributed by atoms with van der Waals surface area (Å²) < 4.78 is 60.5. The molecule has 0 unspecified atom stereocenters. The van der Waals surface area contributed by atoms with E-state index in [0.29, 0.717) is 41.4 Å². The number of alkyl carbamates (subject to hydrolysis) is 1. The molecule has 2 aliphatic carbocycles. The molecular formula is C40H47BFN5O11S. The van der Waals surface area contributed by atoms with Crippen LogP contribution in [0.2, 0.25) is 0 Å². The van der Waals surface area contributed by atoms with Gasteiger partial charge in [-0.15, -0.1) is 0 Å². The molecule has 2 aromatic rings. The van der Waals surface area contributed by atoms with Gasteiger partial charge in [0.1, 0.15) is 35.6 Å². The number of carbonyl (C=O) groups is 5. The molecule has 8 rings (SSSR count). The monoisotopic (exact) mass is 835 g/mol. The molecule has 0 bridgehead atoms. The minimum atomic E-state index is -4.46. The summed E-state index contributed by atoms with van der Waals surface area (Å²) in [6.07, 6.45) is 6.94. The Labute approximate surface area is 341 Å². The molecule has 1 saturated heterocycles. The molecule has 3 fully saturated rings. The molecule has 6 aliphatic rings. The van der Waals surface area contributed by atoms with Crippen LogP contribution in [0.5, 0.6) is 0 Å². The lowest BCUT2D eigenvalue weighted by atomic mass is 9.80. The number of allylic oxidation sites excluding steroid dienone is 1. The quantitative estimate of drug-likeness (QED) is 0.245. The van der Waals surface area contributed by atoms with Crippen molar-refractivity contribution < 1.29 is 55.9 Å². The van der Waals surface area contributed by atoms with E-state index in [4.69, 9.17) is 14.1 Å². The first-order valence-corrected chi connectivity index (χ1v) is 21.8. The van der Waals surface area contributed by atoms with Crippen molar-refractivity contribution in [1.82, 2.24) is 25.2 Å². The van der Waals surface area contributed by atoms with E-state index < -0.39 is 82.5 Å². The fourth-order valence-corrected chi connectivity index (χ4v) is 9.96. The van der Waals surface area contributed by atoms with Crippen LogP contribution in [-0.2, 0) is 58.2 Å². The number of carbonyl (C=O) groups excluding carboxylic acids is 5. The third-order valence-corrected chi connectivity index (χ3v) is 13.6. The van der Waals surface area contributed by atoms with Crippen LogP contribution in [0.3, 0.4) is 0 Å². The molecule has 5 amide bonds. The van der Waals surface area contributed by atoms with Crippen molar-refractivity contribution in [2.24, 2.45) is 5.92 Å². The third kappa shape index (κ3) is 8.55. The Morgan fingerprint density at radius 2 is 1.78 bits per heavy atom. The number of amides is 5. The summed E-state index contributed by atoms with van der Waals surface area (Å²) in [6, 6.07) is 6.18. The lowest BCUT2D eigenvalue weighted by Gasteiger charge is -2.30. The maximum atomic E-state index is 14.5. The van der Waals surface area contributed by atoms with E-state index in [1.54, 1.807) is 18.2 Å². The molecule has 5 atom stereocenters. The Morgan fingerprint density at radius 3 is 2.58 bits per heavy atom. The van der Waals surface area contributed by atoms with E-state index in [0.717, 1.165) is 32.1 Å². The largest absolute Gasteiger partial charge is 0.491 e. The first-order valence-electron chi connectivity index (χ1n) is 20.3. The van der Waals surface area contributed by atoms with Crippen LogP contribution >= 0.6 is 0 Å². The van der Waals surface area contributed by atoms with Crippen molar-refractivity contribution in [3.05, 3.63) is 71.1 Å². The maximum absolute atomic E-state index is 14.5. The normalized spacial score (nSPS) is 27.7. The van der Waals surface area contributed by atoms with Gasteiger partial charge in [0.15, 0.2) is 0 Å². The highest BCUT2D eigenvalue weighted by molar-refractivity contribution is 7.90. The predicted molar refractivity (Wildman–Crippen MR) is 207 cm³/mol. The fraction of sp³-hybridized carbons (Fsp3) is 0.525. The lowest BCUT2D eigenvalue weighted by molar-refractivity contribution is -0.141. The van der Waals surface area contributed by atoms with Crippen molar-refractivity contribution >= 4 is 52.5 Å². The number of sulfonamides is 1. The summed E-state index contributed by atoms with van der Waals surface area (Å²) in [7, 11) is -5.66. The molecule has 0 radical (unpaired) electrons. The van der Waals surface area contributed by atoms with Crippen molar-refractivity contribution in [3.8, 4) is 0 Å². The van der Waals surface area contributed by atoms with E-state index >= 15 is 0 Å². The molecule has 4 N–H and O–H groups in total. The summed E-state index contributed by atoms with van der Waals surface area (Å²) in [6.45, 7) is -0.153. The minimum Gasteiger partial charge on any atom is -0.446 e. The summed E-state index contributed by atoms with van der Waals surface area (Å²) in [4.78, 5) is 71.9. The highest BCUT2D eigenvalue weighted by atomic mass is 32.2. The van der Waals surface area contributed by atoms with Crippen LogP contribution in [0.25, 0.3) is 0 Å². The second-order valence-corrected chi connectivity index (χ2v) is 18.0. The Balaban J connectivity index is 1.04. The second-order valence-electron chi connectivity index (χ2n) is 16.3. The van der Waals surface area contributed by atoms with E-state index in [-0.39, 0.29) is 56.5 Å². The summed E-state index contributed by atoms with van der Waals surface area (Å²) in [5, 5.41) is 15.5. The molecular weight excluding hydrogens is 788 g/mol. The molecule has 2 saturated carbocycles. The van der Waals surface area contributed by atoms with Crippen LogP contribution < -0.4 is 20.8 Å². The molecule has 2 aromatic carbocycles. The highest BCUT2D eigenvalue weighted by Gasteiger charge is 2.62.